The lowest BCUT2D eigenvalue weighted by Gasteiger charge is -2.10. The molecule has 0 fully saturated rings. The molecule has 0 saturated carbocycles. The van der Waals surface area contributed by atoms with E-state index in [1.165, 1.54) is 6.20 Å². The minimum atomic E-state index is 0.338. The average molecular weight is 381 g/mol. The summed E-state index contributed by atoms with van der Waals surface area (Å²) in [6, 6.07) is 10.7. The molecule has 1 aromatic heterocycles. The van der Waals surface area contributed by atoms with Gasteiger partial charge in [0.2, 0.25) is 5.95 Å². The van der Waals surface area contributed by atoms with Crippen molar-refractivity contribution in [2.45, 2.75) is 6.92 Å². The van der Waals surface area contributed by atoms with Crippen LogP contribution in [-0.4, -0.2) is 15.2 Å². The fourth-order valence-corrected chi connectivity index (χ4v) is 2.55. The maximum Gasteiger partial charge on any atom is 0.249 e. The summed E-state index contributed by atoms with van der Waals surface area (Å²) < 4.78 is 0. The van der Waals surface area contributed by atoms with Gasteiger partial charge >= 0.3 is 0 Å². The van der Waals surface area contributed by atoms with Crippen LogP contribution in [0.3, 0.4) is 0 Å². The van der Waals surface area contributed by atoms with Gasteiger partial charge in [0, 0.05) is 16.4 Å². The summed E-state index contributed by atoms with van der Waals surface area (Å²) in [7, 11) is 0. The molecule has 1 heterocycles. The number of hydrogen-bond acceptors (Lipinski definition) is 5. The number of aryl methyl sites for hydroxylation is 1. The molecular weight excluding hydrogens is 369 g/mol. The number of nitrogens with one attached hydrogen (secondary N) is 2. The number of halogens is 3. The maximum atomic E-state index is 6.00. The lowest BCUT2D eigenvalue weighted by Crippen LogP contribution is -2.03. The molecule has 0 saturated heterocycles. The third-order valence-corrected chi connectivity index (χ3v) is 4.16. The first-order chi connectivity index (χ1) is 11.5. The van der Waals surface area contributed by atoms with Crippen molar-refractivity contribution in [3.63, 3.8) is 0 Å². The maximum absolute atomic E-state index is 6.00. The Morgan fingerprint density at radius 2 is 1.75 bits per heavy atom. The monoisotopic (exact) mass is 379 g/mol. The van der Waals surface area contributed by atoms with Crippen LogP contribution < -0.4 is 10.6 Å². The second kappa shape index (κ2) is 7.21. The predicted molar refractivity (Wildman–Crippen MR) is 99.0 cm³/mol. The van der Waals surface area contributed by atoms with Crippen LogP contribution in [0.1, 0.15) is 5.56 Å². The summed E-state index contributed by atoms with van der Waals surface area (Å²) >= 11 is 17.9. The van der Waals surface area contributed by atoms with Gasteiger partial charge in [0.05, 0.1) is 16.2 Å². The third-order valence-electron chi connectivity index (χ3n) is 3.19. The highest BCUT2D eigenvalue weighted by Crippen LogP contribution is 2.27. The molecule has 0 radical (unpaired) electrons. The number of anilines is 4. The molecule has 0 bridgehead atoms. The van der Waals surface area contributed by atoms with Gasteiger partial charge in [0.15, 0.2) is 5.82 Å². The molecule has 0 unspecified atom stereocenters. The molecule has 0 amide bonds. The van der Waals surface area contributed by atoms with Crippen molar-refractivity contribution in [3.05, 3.63) is 63.2 Å². The smallest absolute Gasteiger partial charge is 0.249 e. The second-order valence-electron chi connectivity index (χ2n) is 5.00. The van der Waals surface area contributed by atoms with Crippen molar-refractivity contribution >= 4 is 57.9 Å². The Morgan fingerprint density at radius 1 is 0.917 bits per heavy atom. The van der Waals surface area contributed by atoms with Gasteiger partial charge in [-0.2, -0.15) is 10.1 Å². The number of aromatic nitrogens is 3. The van der Waals surface area contributed by atoms with Gasteiger partial charge in [-0.05, 0) is 48.9 Å². The summed E-state index contributed by atoms with van der Waals surface area (Å²) in [6.45, 7) is 1.96. The van der Waals surface area contributed by atoms with Gasteiger partial charge in [0.1, 0.15) is 0 Å². The zero-order valence-corrected chi connectivity index (χ0v) is 14.8. The highest BCUT2D eigenvalue weighted by atomic mass is 35.5. The number of nitrogens with zero attached hydrogens (tertiary/aromatic N) is 3. The average Bonchev–Trinajstić information content (AvgIpc) is 2.54. The quantitative estimate of drug-likeness (QED) is 0.614. The SMILES string of the molecule is Cc1cc(Cl)ccc1Nc1cnnc(Nc2ccc(Cl)c(Cl)c2)n1. The van der Waals surface area contributed by atoms with E-state index < -0.39 is 0 Å². The van der Waals surface area contributed by atoms with Crippen LogP contribution in [0, 0.1) is 6.92 Å². The minimum Gasteiger partial charge on any atom is -0.339 e. The Bertz CT molecular complexity index is 885. The van der Waals surface area contributed by atoms with Gasteiger partial charge in [-0.25, -0.2) is 0 Å². The molecule has 8 heteroatoms. The Morgan fingerprint density at radius 3 is 2.50 bits per heavy atom. The molecule has 24 heavy (non-hydrogen) atoms. The van der Waals surface area contributed by atoms with Crippen LogP contribution in [0.4, 0.5) is 23.1 Å². The van der Waals surface area contributed by atoms with E-state index in [2.05, 4.69) is 25.8 Å². The van der Waals surface area contributed by atoms with Crippen LogP contribution in [0.25, 0.3) is 0 Å². The Balaban J connectivity index is 1.79. The summed E-state index contributed by atoms with van der Waals surface area (Å²) in [5, 5.41) is 15.7. The lowest BCUT2D eigenvalue weighted by atomic mass is 10.2. The predicted octanol–water partition coefficient (Wildman–Crippen LogP) is 5.63. The van der Waals surface area contributed by atoms with E-state index in [4.69, 9.17) is 34.8 Å². The largest absolute Gasteiger partial charge is 0.339 e. The molecule has 0 aliphatic heterocycles. The van der Waals surface area contributed by atoms with Crippen LogP contribution in [0.2, 0.25) is 15.1 Å². The fraction of sp³-hybridized carbons (Fsp3) is 0.0625. The highest BCUT2D eigenvalue weighted by Gasteiger charge is 2.05. The van der Waals surface area contributed by atoms with E-state index in [9.17, 15) is 0 Å². The normalized spacial score (nSPS) is 10.5. The summed E-state index contributed by atoms with van der Waals surface area (Å²) in [4.78, 5) is 4.37. The molecule has 3 rings (SSSR count). The van der Waals surface area contributed by atoms with Crippen molar-refractivity contribution in [1.82, 2.24) is 15.2 Å². The van der Waals surface area contributed by atoms with Crippen molar-refractivity contribution in [3.8, 4) is 0 Å². The molecule has 0 aliphatic rings. The van der Waals surface area contributed by atoms with Crippen LogP contribution in [-0.2, 0) is 0 Å². The van der Waals surface area contributed by atoms with Crippen LogP contribution in [0.15, 0.2) is 42.6 Å². The first-order valence-corrected chi connectivity index (χ1v) is 8.09. The van der Waals surface area contributed by atoms with E-state index in [1.54, 1.807) is 24.3 Å². The molecule has 0 atom stereocenters. The molecule has 3 aromatic rings. The zero-order valence-electron chi connectivity index (χ0n) is 12.5. The number of hydrogen-bond donors (Lipinski definition) is 2. The van der Waals surface area contributed by atoms with E-state index in [0.717, 1.165) is 11.3 Å². The van der Waals surface area contributed by atoms with Gasteiger partial charge in [-0.1, -0.05) is 34.8 Å². The van der Waals surface area contributed by atoms with Crippen LogP contribution in [0.5, 0.6) is 0 Å². The van der Waals surface area contributed by atoms with Crippen molar-refractivity contribution in [2.75, 3.05) is 10.6 Å². The molecule has 2 aromatic carbocycles. The summed E-state index contributed by atoms with van der Waals surface area (Å²) in [5.41, 5.74) is 2.60. The number of rotatable bonds is 4. The van der Waals surface area contributed by atoms with Crippen molar-refractivity contribution < 1.29 is 0 Å². The van der Waals surface area contributed by atoms with E-state index in [-0.39, 0.29) is 0 Å². The molecule has 0 spiro atoms. The van der Waals surface area contributed by atoms with Gasteiger partial charge in [-0.15, -0.1) is 5.10 Å². The summed E-state index contributed by atoms with van der Waals surface area (Å²) in [6.07, 6.45) is 1.54. The first-order valence-electron chi connectivity index (χ1n) is 6.96. The molecule has 2 N–H and O–H groups in total. The van der Waals surface area contributed by atoms with Gasteiger partial charge < -0.3 is 10.6 Å². The van der Waals surface area contributed by atoms with Crippen molar-refractivity contribution in [1.29, 1.82) is 0 Å². The second-order valence-corrected chi connectivity index (χ2v) is 6.25. The third kappa shape index (κ3) is 4.06. The van der Waals surface area contributed by atoms with E-state index in [0.29, 0.717) is 32.5 Å². The van der Waals surface area contributed by atoms with Crippen molar-refractivity contribution in [2.24, 2.45) is 0 Å². The zero-order chi connectivity index (χ0) is 17.1. The fourth-order valence-electron chi connectivity index (χ4n) is 2.03. The van der Waals surface area contributed by atoms with Crippen LogP contribution >= 0.6 is 34.8 Å². The Hall–Kier alpha value is -2.08. The highest BCUT2D eigenvalue weighted by molar-refractivity contribution is 6.42. The summed E-state index contributed by atoms with van der Waals surface area (Å²) in [5.74, 6) is 0.892. The topological polar surface area (TPSA) is 62.7 Å². The number of benzene rings is 2. The first kappa shape index (κ1) is 16.8. The molecule has 5 nitrogen and oxygen atoms in total. The lowest BCUT2D eigenvalue weighted by molar-refractivity contribution is 0.982. The van der Waals surface area contributed by atoms with E-state index in [1.807, 2.05) is 19.1 Å². The molecule has 0 aliphatic carbocycles. The van der Waals surface area contributed by atoms with Gasteiger partial charge in [0.25, 0.3) is 0 Å². The van der Waals surface area contributed by atoms with Gasteiger partial charge in [-0.3, -0.25) is 0 Å². The Labute approximate surface area is 154 Å². The molecular formula is C16H12Cl3N5. The minimum absolute atomic E-state index is 0.338. The molecule has 122 valence electrons. The Kier molecular flexibility index (Phi) is 5.04. The standard InChI is InChI=1S/C16H12Cl3N5/c1-9-6-10(17)2-5-14(9)22-15-8-20-24-16(23-15)21-11-3-4-12(18)13(19)7-11/h2-8H,1H3,(H2,21,22,23,24). The van der Waals surface area contributed by atoms with E-state index >= 15 is 0 Å².